The number of amides is 1. The van der Waals surface area contributed by atoms with Gasteiger partial charge in [-0.05, 0) is 61.1 Å². The summed E-state index contributed by atoms with van der Waals surface area (Å²) in [6, 6.07) is 11.8. The zero-order valence-electron chi connectivity index (χ0n) is 17.4. The van der Waals surface area contributed by atoms with Gasteiger partial charge in [0.25, 0.3) is 0 Å². The summed E-state index contributed by atoms with van der Waals surface area (Å²) in [5, 5.41) is 12.2. The highest BCUT2D eigenvalue weighted by Gasteiger charge is 2.18. The van der Waals surface area contributed by atoms with Crippen LogP contribution in [0.3, 0.4) is 0 Å². The molecule has 2 aromatic carbocycles. The highest BCUT2D eigenvalue weighted by molar-refractivity contribution is 7.89. The van der Waals surface area contributed by atoms with Crippen LogP contribution in [0.2, 0.25) is 0 Å². The number of aromatic nitrogens is 2. The van der Waals surface area contributed by atoms with Crippen molar-refractivity contribution in [2.45, 2.75) is 37.0 Å². The molecule has 9 heteroatoms. The van der Waals surface area contributed by atoms with Gasteiger partial charge in [-0.3, -0.25) is 4.79 Å². The third-order valence-electron chi connectivity index (χ3n) is 5.31. The molecule has 0 aliphatic heterocycles. The standard InChI is InChI=1S/C23H24N4O4S/c28-20-7-3-6-18(12-20)23-24-14-19(15-25-23)27-22(29)10-11-26-32(30,31)21-9-8-16-4-1-2-5-17(16)13-21/h3,6-9,12-15,26,28H,1-2,4-5,10-11H2,(H,27,29). The molecule has 4 rings (SSSR count). The van der Waals surface area contributed by atoms with Crippen molar-refractivity contribution < 1.29 is 18.3 Å². The van der Waals surface area contributed by atoms with Gasteiger partial charge in [-0.25, -0.2) is 23.1 Å². The normalized spacial score (nSPS) is 13.4. The van der Waals surface area contributed by atoms with Crippen molar-refractivity contribution in [3.8, 4) is 17.1 Å². The number of phenolic OH excluding ortho intramolecular Hbond substituents is 1. The molecule has 0 fully saturated rings. The summed E-state index contributed by atoms with van der Waals surface area (Å²) in [5.74, 6) is 0.171. The molecule has 3 N–H and O–H groups in total. The van der Waals surface area contributed by atoms with Crippen molar-refractivity contribution in [1.29, 1.82) is 0 Å². The van der Waals surface area contributed by atoms with Crippen LogP contribution in [-0.4, -0.2) is 35.9 Å². The van der Waals surface area contributed by atoms with Gasteiger partial charge in [-0.1, -0.05) is 18.2 Å². The number of fused-ring (bicyclic) bond motifs is 1. The van der Waals surface area contributed by atoms with Gasteiger partial charge in [0.15, 0.2) is 5.82 Å². The van der Waals surface area contributed by atoms with Crippen LogP contribution >= 0.6 is 0 Å². The van der Waals surface area contributed by atoms with E-state index in [1.165, 1.54) is 18.0 Å². The fourth-order valence-corrected chi connectivity index (χ4v) is 4.75. The van der Waals surface area contributed by atoms with Crippen molar-refractivity contribution in [1.82, 2.24) is 14.7 Å². The maximum absolute atomic E-state index is 12.6. The number of anilines is 1. The number of carbonyl (C=O) groups is 1. The van der Waals surface area contributed by atoms with Crippen LogP contribution in [0.4, 0.5) is 5.69 Å². The van der Waals surface area contributed by atoms with Crippen LogP contribution in [-0.2, 0) is 27.7 Å². The lowest BCUT2D eigenvalue weighted by atomic mass is 9.92. The molecular formula is C23H24N4O4S. The Bertz CT molecular complexity index is 1230. The zero-order valence-corrected chi connectivity index (χ0v) is 18.2. The topological polar surface area (TPSA) is 121 Å². The molecule has 3 aromatic rings. The quantitative estimate of drug-likeness (QED) is 0.507. The number of hydrogen-bond donors (Lipinski definition) is 3. The second-order valence-corrected chi connectivity index (χ2v) is 9.45. The summed E-state index contributed by atoms with van der Waals surface area (Å²) in [5.41, 5.74) is 3.36. The lowest BCUT2D eigenvalue weighted by molar-refractivity contribution is -0.116. The lowest BCUT2D eigenvalue weighted by Gasteiger charge is -2.16. The van der Waals surface area contributed by atoms with Gasteiger partial charge in [0, 0.05) is 18.5 Å². The molecule has 8 nitrogen and oxygen atoms in total. The van der Waals surface area contributed by atoms with Crippen LogP contribution in [0.5, 0.6) is 5.75 Å². The Hall–Kier alpha value is -3.30. The smallest absolute Gasteiger partial charge is 0.240 e. The predicted octanol–water partition coefficient (Wildman–Crippen LogP) is 3.04. The molecular weight excluding hydrogens is 428 g/mol. The number of phenols is 1. The number of hydrogen-bond acceptors (Lipinski definition) is 6. The van der Waals surface area contributed by atoms with E-state index in [-0.39, 0.29) is 29.5 Å². The molecule has 1 aliphatic rings. The minimum atomic E-state index is -3.68. The Labute approximate surface area is 186 Å². The van der Waals surface area contributed by atoms with E-state index in [9.17, 15) is 18.3 Å². The summed E-state index contributed by atoms with van der Waals surface area (Å²) in [4.78, 5) is 20.8. The van der Waals surface area contributed by atoms with Crippen molar-refractivity contribution in [3.63, 3.8) is 0 Å². The van der Waals surface area contributed by atoms with Gasteiger partial charge in [0.1, 0.15) is 5.75 Å². The van der Waals surface area contributed by atoms with Crippen molar-refractivity contribution in [3.05, 3.63) is 66.0 Å². The highest BCUT2D eigenvalue weighted by atomic mass is 32.2. The fourth-order valence-electron chi connectivity index (χ4n) is 3.67. The monoisotopic (exact) mass is 452 g/mol. The predicted molar refractivity (Wildman–Crippen MR) is 121 cm³/mol. The van der Waals surface area contributed by atoms with E-state index in [1.807, 2.05) is 6.07 Å². The van der Waals surface area contributed by atoms with Gasteiger partial charge in [-0.15, -0.1) is 0 Å². The van der Waals surface area contributed by atoms with E-state index < -0.39 is 10.0 Å². The molecule has 0 bridgehead atoms. The van der Waals surface area contributed by atoms with Crippen LogP contribution in [0.1, 0.15) is 30.4 Å². The molecule has 1 aliphatic carbocycles. The molecule has 0 atom stereocenters. The first-order valence-electron chi connectivity index (χ1n) is 10.4. The molecule has 0 saturated heterocycles. The van der Waals surface area contributed by atoms with E-state index >= 15 is 0 Å². The van der Waals surface area contributed by atoms with Crippen molar-refractivity contribution in [2.75, 3.05) is 11.9 Å². The molecule has 0 saturated carbocycles. The van der Waals surface area contributed by atoms with Crippen LogP contribution in [0, 0.1) is 0 Å². The molecule has 32 heavy (non-hydrogen) atoms. The largest absolute Gasteiger partial charge is 0.508 e. The molecule has 1 aromatic heterocycles. The molecule has 1 heterocycles. The number of aromatic hydroxyl groups is 1. The van der Waals surface area contributed by atoms with Crippen molar-refractivity contribution in [2.24, 2.45) is 0 Å². The second-order valence-electron chi connectivity index (χ2n) is 7.68. The number of nitrogens with zero attached hydrogens (tertiary/aromatic N) is 2. The lowest BCUT2D eigenvalue weighted by Crippen LogP contribution is -2.28. The summed E-state index contributed by atoms with van der Waals surface area (Å²) < 4.78 is 27.6. The first kappa shape index (κ1) is 21.9. The van der Waals surface area contributed by atoms with Crippen LogP contribution in [0.25, 0.3) is 11.4 Å². The second kappa shape index (κ2) is 9.46. The zero-order chi connectivity index (χ0) is 22.6. The van der Waals surface area contributed by atoms with Gasteiger partial charge < -0.3 is 10.4 Å². The Balaban J connectivity index is 1.30. The Kier molecular flexibility index (Phi) is 6.48. The molecule has 1 amide bonds. The highest BCUT2D eigenvalue weighted by Crippen LogP contribution is 2.24. The van der Waals surface area contributed by atoms with Gasteiger partial charge in [0.05, 0.1) is 23.0 Å². The Morgan fingerprint density at radius 2 is 1.75 bits per heavy atom. The Morgan fingerprint density at radius 1 is 1.00 bits per heavy atom. The van der Waals surface area contributed by atoms with Crippen LogP contribution < -0.4 is 10.0 Å². The third kappa shape index (κ3) is 5.30. The van der Waals surface area contributed by atoms with E-state index in [0.29, 0.717) is 17.1 Å². The van der Waals surface area contributed by atoms with E-state index in [4.69, 9.17) is 0 Å². The average molecular weight is 453 g/mol. The van der Waals surface area contributed by atoms with E-state index in [0.717, 1.165) is 31.2 Å². The number of rotatable bonds is 7. The number of benzene rings is 2. The van der Waals surface area contributed by atoms with Gasteiger partial charge in [0.2, 0.25) is 15.9 Å². The Morgan fingerprint density at radius 3 is 2.50 bits per heavy atom. The summed E-state index contributed by atoms with van der Waals surface area (Å²) in [6.07, 6.45) is 6.98. The number of aryl methyl sites for hydroxylation is 2. The number of sulfonamides is 1. The maximum Gasteiger partial charge on any atom is 0.240 e. The van der Waals surface area contributed by atoms with E-state index in [1.54, 1.807) is 36.4 Å². The molecule has 0 unspecified atom stereocenters. The first-order chi connectivity index (χ1) is 15.4. The van der Waals surface area contributed by atoms with Crippen LogP contribution in [0.15, 0.2) is 59.8 Å². The molecule has 0 radical (unpaired) electrons. The van der Waals surface area contributed by atoms with Crippen molar-refractivity contribution >= 4 is 21.6 Å². The minimum absolute atomic E-state index is 0.0204. The molecule has 166 valence electrons. The first-order valence-corrected chi connectivity index (χ1v) is 11.9. The fraction of sp³-hybridized carbons (Fsp3) is 0.261. The third-order valence-corrected chi connectivity index (χ3v) is 6.77. The van der Waals surface area contributed by atoms with Gasteiger partial charge in [-0.2, -0.15) is 0 Å². The minimum Gasteiger partial charge on any atom is -0.508 e. The number of carbonyl (C=O) groups excluding carboxylic acids is 1. The van der Waals surface area contributed by atoms with Gasteiger partial charge >= 0.3 is 0 Å². The van der Waals surface area contributed by atoms with E-state index in [2.05, 4.69) is 20.0 Å². The average Bonchev–Trinajstić information content (AvgIpc) is 2.79. The molecule has 0 spiro atoms. The summed E-state index contributed by atoms with van der Waals surface area (Å²) in [6.45, 7) is -0.0204. The SMILES string of the molecule is O=C(CCNS(=O)(=O)c1ccc2c(c1)CCCC2)Nc1cnc(-c2cccc(O)c2)nc1. The number of nitrogens with one attached hydrogen (secondary N) is 2. The maximum atomic E-state index is 12.6. The summed E-state index contributed by atoms with van der Waals surface area (Å²) >= 11 is 0. The summed E-state index contributed by atoms with van der Waals surface area (Å²) in [7, 11) is -3.68.